The molecule has 1 aliphatic heterocycles. The van der Waals surface area contributed by atoms with Gasteiger partial charge in [-0.25, -0.2) is 8.42 Å². The Morgan fingerprint density at radius 3 is 2.69 bits per heavy atom. The second kappa shape index (κ2) is 8.24. The Labute approximate surface area is 154 Å². The second-order valence-electron chi connectivity index (χ2n) is 6.77. The Balaban J connectivity index is 2.50. The molecule has 0 aromatic heterocycles. The minimum absolute atomic E-state index is 0.0439. The van der Waals surface area contributed by atoms with Crippen molar-refractivity contribution in [3.63, 3.8) is 0 Å². The molecule has 146 valence electrons. The van der Waals surface area contributed by atoms with Crippen LogP contribution in [0, 0.1) is 5.92 Å². The summed E-state index contributed by atoms with van der Waals surface area (Å²) in [5, 5.41) is 12.6. The van der Waals surface area contributed by atoms with Crippen molar-refractivity contribution < 1.29 is 23.1 Å². The van der Waals surface area contributed by atoms with Crippen molar-refractivity contribution >= 4 is 21.6 Å². The molecule has 3 atom stereocenters. The molecule has 1 aliphatic rings. The molecule has 0 aliphatic carbocycles. The van der Waals surface area contributed by atoms with Gasteiger partial charge in [-0.2, -0.15) is 0 Å². The van der Waals surface area contributed by atoms with Crippen molar-refractivity contribution in [1.82, 2.24) is 10.2 Å². The number of aliphatic hydroxyl groups is 1. The van der Waals surface area contributed by atoms with E-state index in [0.29, 0.717) is 24.5 Å². The minimum atomic E-state index is -3.47. The zero-order valence-electron chi connectivity index (χ0n) is 15.5. The van der Waals surface area contributed by atoms with Crippen LogP contribution >= 0.6 is 0 Å². The number of nitrogens with zero attached hydrogens (tertiary/aromatic N) is 1. The molecular weight excluding hydrogens is 358 g/mol. The van der Waals surface area contributed by atoms with Crippen LogP contribution in [0.1, 0.15) is 24.2 Å². The van der Waals surface area contributed by atoms with Gasteiger partial charge in [0.25, 0.3) is 5.91 Å². The van der Waals surface area contributed by atoms with Gasteiger partial charge in [0.15, 0.2) is 0 Å². The standard InChI is InChI=1S/C17H27N3O5S/c1-11-9-20(12(2)10-21)17(22)14-7-13(19-26(4,23)24)5-6-15(14)25-16(11)8-18-3/h5-7,11-12,16,18-19,21H,8-10H2,1-4H3/t11-,12+,16-/m1/s1. The van der Waals surface area contributed by atoms with E-state index in [1.165, 1.54) is 6.07 Å². The third-order valence-corrected chi connectivity index (χ3v) is 4.98. The lowest BCUT2D eigenvalue weighted by Crippen LogP contribution is -2.49. The molecule has 1 heterocycles. The van der Waals surface area contributed by atoms with Crippen LogP contribution in [-0.2, 0) is 10.0 Å². The third kappa shape index (κ3) is 4.87. The van der Waals surface area contributed by atoms with E-state index in [4.69, 9.17) is 4.74 Å². The van der Waals surface area contributed by atoms with Crippen molar-refractivity contribution in [3.05, 3.63) is 23.8 Å². The first-order chi connectivity index (χ1) is 12.2. The Hall–Kier alpha value is -1.84. The molecule has 3 N–H and O–H groups in total. The normalized spacial score (nSPS) is 22.0. The SMILES string of the molecule is CNC[C@H]1Oc2ccc(NS(C)(=O)=O)cc2C(=O)N([C@@H](C)CO)C[C@H]1C. The van der Waals surface area contributed by atoms with E-state index >= 15 is 0 Å². The highest BCUT2D eigenvalue weighted by atomic mass is 32.2. The Morgan fingerprint density at radius 2 is 2.12 bits per heavy atom. The van der Waals surface area contributed by atoms with E-state index in [9.17, 15) is 18.3 Å². The minimum Gasteiger partial charge on any atom is -0.488 e. The number of hydrogen-bond acceptors (Lipinski definition) is 6. The quantitative estimate of drug-likeness (QED) is 0.658. The summed E-state index contributed by atoms with van der Waals surface area (Å²) in [4.78, 5) is 14.7. The topological polar surface area (TPSA) is 108 Å². The van der Waals surface area contributed by atoms with Crippen molar-refractivity contribution in [3.8, 4) is 5.75 Å². The summed E-state index contributed by atoms with van der Waals surface area (Å²) in [7, 11) is -1.64. The van der Waals surface area contributed by atoms with E-state index in [1.54, 1.807) is 24.0 Å². The van der Waals surface area contributed by atoms with E-state index in [0.717, 1.165) is 6.26 Å². The van der Waals surface area contributed by atoms with Crippen LogP contribution in [-0.4, -0.2) is 69.5 Å². The number of fused-ring (bicyclic) bond motifs is 1. The molecule has 9 heteroatoms. The van der Waals surface area contributed by atoms with Gasteiger partial charge < -0.3 is 20.1 Å². The molecule has 2 rings (SSSR count). The first-order valence-corrected chi connectivity index (χ1v) is 10.4. The summed E-state index contributed by atoms with van der Waals surface area (Å²) >= 11 is 0. The highest BCUT2D eigenvalue weighted by Gasteiger charge is 2.32. The fourth-order valence-electron chi connectivity index (χ4n) is 2.94. The lowest BCUT2D eigenvalue weighted by atomic mass is 9.99. The van der Waals surface area contributed by atoms with Crippen LogP contribution in [0.3, 0.4) is 0 Å². The van der Waals surface area contributed by atoms with Gasteiger partial charge in [-0.1, -0.05) is 6.92 Å². The first kappa shape index (κ1) is 20.5. The van der Waals surface area contributed by atoms with E-state index < -0.39 is 10.0 Å². The fourth-order valence-corrected chi connectivity index (χ4v) is 3.50. The third-order valence-electron chi connectivity index (χ3n) is 4.37. The van der Waals surface area contributed by atoms with Gasteiger partial charge in [-0.3, -0.25) is 9.52 Å². The van der Waals surface area contributed by atoms with Gasteiger partial charge in [0.05, 0.1) is 24.5 Å². The molecule has 0 spiro atoms. The fraction of sp³-hybridized carbons (Fsp3) is 0.588. The number of benzene rings is 1. The van der Waals surface area contributed by atoms with Crippen LogP contribution in [0.5, 0.6) is 5.75 Å². The maximum absolute atomic E-state index is 13.1. The highest BCUT2D eigenvalue weighted by Crippen LogP contribution is 2.30. The number of aliphatic hydroxyl groups excluding tert-OH is 1. The van der Waals surface area contributed by atoms with Crippen molar-refractivity contribution in [2.75, 3.05) is 37.7 Å². The summed E-state index contributed by atoms with van der Waals surface area (Å²) in [5.41, 5.74) is 0.561. The number of anilines is 1. The molecule has 0 bridgehead atoms. The van der Waals surface area contributed by atoms with Crippen LogP contribution in [0.25, 0.3) is 0 Å². The van der Waals surface area contributed by atoms with Gasteiger partial charge in [0, 0.05) is 24.7 Å². The lowest BCUT2D eigenvalue weighted by molar-refractivity contribution is 0.0416. The zero-order valence-corrected chi connectivity index (χ0v) is 16.3. The Kier molecular flexibility index (Phi) is 6.48. The molecule has 1 aromatic rings. The molecule has 26 heavy (non-hydrogen) atoms. The van der Waals surface area contributed by atoms with E-state index in [-0.39, 0.29) is 36.1 Å². The van der Waals surface area contributed by atoms with Gasteiger partial charge in [0.2, 0.25) is 10.0 Å². The average molecular weight is 385 g/mol. The molecule has 0 radical (unpaired) electrons. The number of amides is 1. The van der Waals surface area contributed by atoms with Crippen LogP contribution in [0.15, 0.2) is 18.2 Å². The number of rotatable bonds is 6. The lowest BCUT2D eigenvalue weighted by Gasteiger charge is -2.37. The van der Waals surface area contributed by atoms with Gasteiger partial charge in [-0.05, 0) is 32.2 Å². The van der Waals surface area contributed by atoms with Crippen molar-refractivity contribution in [1.29, 1.82) is 0 Å². The predicted octanol–water partition coefficient (Wildman–Crippen LogP) is 0.498. The molecule has 1 amide bonds. The molecule has 1 aromatic carbocycles. The molecule has 0 unspecified atom stereocenters. The highest BCUT2D eigenvalue weighted by molar-refractivity contribution is 7.92. The summed E-state index contributed by atoms with van der Waals surface area (Å²) < 4.78 is 31.4. The first-order valence-electron chi connectivity index (χ1n) is 8.51. The molecule has 0 saturated heterocycles. The maximum atomic E-state index is 13.1. The molecular formula is C17H27N3O5S. The number of nitrogens with one attached hydrogen (secondary N) is 2. The van der Waals surface area contributed by atoms with E-state index in [2.05, 4.69) is 10.0 Å². The van der Waals surface area contributed by atoms with Crippen molar-refractivity contribution in [2.24, 2.45) is 5.92 Å². The summed E-state index contributed by atoms with van der Waals surface area (Å²) in [5.74, 6) is 0.145. The number of carbonyl (C=O) groups excluding carboxylic acids is 1. The van der Waals surface area contributed by atoms with Crippen molar-refractivity contribution in [2.45, 2.75) is 26.0 Å². The van der Waals surface area contributed by atoms with E-state index in [1.807, 2.05) is 14.0 Å². The van der Waals surface area contributed by atoms with Gasteiger partial charge in [-0.15, -0.1) is 0 Å². The smallest absolute Gasteiger partial charge is 0.258 e. The summed E-state index contributed by atoms with van der Waals surface area (Å²) in [6, 6.07) is 4.28. The number of hydrogen-bond donors (Lipinski definition) is 3. The second-order valence-corrected chi connectivity index (χ2v) is 8.51. The molecule has 8 nitrogen and oxygen atoms in total. The number of likely N-dealkylation sites (N-methyl/N-ethyl adjacent to an activating group) is 1. The monoisotopic (exact) mass is 385 g/mol. The maximum Gasteiger partial charge on any atom is 0.258 e. The van der Waals surface area contributed by atoms with Crippen LogP contribution in [0.2, 0.25) is 0 Å². The Bertz CT molecular complexity index is 753. The molecule has 0 fully saturated rings. The molecule has 0 saturated carbocycles. The van der Waals surface area contributed by atoms with Crippen LogP contribution in [0.4, 0.5) is 5.69 Å². The average Bonchev–Trinajstić information content (AvgIpc) is 2.56. The Morgan fingerprint density at radius 1 is 1.42 bits per heavy atom. The largest absolute Gasteiger partial charge is 0.488 e. The zero-order chi connectivity index (χ0) is 19.5. The predicted molar refractivity (Wildman–Crippen MR) is 100.0 cm³/mol. The van der Waals surface area contributed by atoms with Gasteiger partial charge in [0.1, 0.15) is 11.9 Å². The number of ether oxygens (including phenoxy) is 1. The summed E-state index contributed by atoms with van der Waals surface area (Å²) in [6.45, 7) is 4.64. The van der Waals surface area contributed by atoms with Gasteiger partial charge >= 0.3 is 0 Å². The summed E-state index contributed by atoms with van der Waals surface area (Å²) in [6.07, 6.45) is 0.876. The van der Waals surface area contributed by atoms with Crippen LogP contribution < -0.4 is 14.8 Å². The number of carbonyl (C=O) groups is 1. The number of sulfonamides is 1.